The van der Waals surface area contributed by atoms with E-state index in [9.17, 15) is 22.8 Å². The molecule has 0 aliphatic carbocycles. The fourth-order valence-corrected chi connectivity index (χ4v) is 1.89. The first-order valence-electron chi connectivity index (χ1n) is 5.94. The smallest absolute Gasteiger partial charge is 0.303 e. The number of hydrogen-bond donors (Lipinski definition) is 2. The van der Waals surface area contributed by atoms with E-state index in [0.29, 0.717) is 12.8 Å². The predicted molar refractivity (Wildman–Crippen MR) is 58.7 cm³/mol. The van der Waals surface area contributed by atoms with Gasteiger partial charge in [0, 0.05) is 18.9 Å². The van der Waals surface area contributed by atoms with E-state index in [1.807, 2.05) is 0 Å². The van der Waals surface area contributed by atoms with Crippen molar-refractivity contribution in [3.63, 3.8) is 0 Å². The Morgan fingerprint density at radius 3 is 2.67 bits per heavy atom. The standard InChI is InChI=1S/C11H17F3N2O2/c1-7(3-2-6-11(12,13)14)15-8-4-5-9(17)16-10(8)18/h7-8,15H,2-6H2,1H3,(H,16,17,18). The SMILES string of the molecule is CC(CCCC(F)(F)F)NC1CCC(=O)NC1=O. The minimum atomic E-state index is -4.13. The van der Waals surface area contributed by atoms with Gasteiger partial charge in [0.15, 0.2) is 0 Å². The molecular formula is C11H17F3N2O2. The van der Waals surface area contributed by atoms with Gasteiger partial charge >= 0.3 is 6.18 Å². The van der Waals surface area contributed by atoms with E-state index in [1.165, 1.54) is 0 Å². The van der Waals surface area contributed by atoms with Crippen LogP contribution in [0.15, 0.2) is 0 Å². The number of halogens is 3. The summed E-state index contributed by atoms with van der Waals surface area (Å²) >= 11 is 0. The second kappa shape index (κ2) is 6.17. The first-order chi connectivity index (χ1) is 8.28. The number of piperidine rings is 1. The van der Waals surface area contributed by atoms with Gasteiger partial charge in [-0.05, 0) is 26.2 Å². The Balaban J connectivity index is 2.25. The molecule has 1 fully saturated rings. The predicted octanol–water partition coefficient (Wildman–Crippen LogP) is 1.50. The zero-order chi connectivity index (χ0) is 13.8. The molecular weight excluding hydrogens is 249 g/mol. The van der Waals surface area contributed by atoms with Crippen LogP contribution in [0.3, 0.4) is 0 Å². The van der Waals surface area contributed by atoms with Gasteiger partial charge < -0.3 is 5.32 Å². The van der Waals surface area contributed by atoms with Crippen LogP contribution in [-0.4, -0.2) is 30.1 Å². The largest absolute Gasteiger partial charge is 0.389 e. The molecule has 1 saturated heterocycles. The summed E-state index contributed by atoms with van der Waals surface area (Å²) in [5, 5.41) is 5.14. The Morgan fingerprint density at radius 1 is 1.44 bits per heavy atom. The molecule has 1 heterocycles. The molecule has 7 heteroatoms. The molecule has 0 bridgehead atoms. The summed E-state index contributed by atoms with van der Waals surface area (Å²) in [6, 6.07) is -0.667. The van der Waals surface area contributed by atoms with Crippen LogP contribution >= 0.6 is 0 Å². The van der Waals surface area contributed by atoms with Gasteiger partial charge in [-0.1, -0.05) is 0 Å². The van der Waals surface area contributed by atoms with Crippen molar-refractivity contribution in [2.75, 3.05) is 0 Å². The van der Waals surface area contributed by atoms with Crippen molar-refractivity contribution in [2.24, 2.45) is 0 Å². The highest BCUT2D eigenvalue weighted by Gasteiger charge is 2.29. The van der Waals surface area contributed by atoms with Crippen molar-refractivity contribution >= 4 is 11.8 Å². The maximum atomic E-state index is 11.9. The van der Waals surface area contributed by atoms with E-state index in [4.69, 9.17) is 0 Å². The number of hydrogen-bond acceptors (Lipinski definition) is 3. The van der Waals surface area contributed by atoms with Crippen molar-refractivity contribution in [1.29, 1.82) is 0 Å². The third-order valence-electron chi connectivity index (χ3n) is 2.82. The van der Waals surface area contributed by atoms with E-state index in [-0.39, 0.29) is 24.8 Å². The lowest BCUT2D eigenvalue weighted by Gasteiger charge is -2.25. The minimum absolute atomic E-state index is 0.0327. The number of amides is 2. The lowest BCUT2D eigenvalue weighted by atomic mass is 10.0. The maximum Gasteiger partial charge on any atom is 0.389 e. The third-order valence-corrected chi connectivity index (χ3v) is 2.82. The van der Waals surface area contributed by atoms with Gasteiger partial charge in [-0.15, -0.1) is 0 Å². The summed E-state index contributed by atoms with van der Waals surface area (Å²) in [5.74, 6) is -0.698. The maximum absolute atomic E-state index is 11.9. The lowest BCUT2D eigenvalue weighted by molar-refractivity contribution is -0.137. The lowest BCUT2D eigenvalue weighted by Crippen LogP contribution is -2.52. The number of carbonyl (C=O) groups is 2. The average Bonchev–Trinajstić information content (AvgIpc) is 2.20. The normalized spacial score (nSPS) is 22.8. The minimum Gasteiger partial charge on any atom is -0.303 e. The van der Waals surface area contributed by atoms with Crippen molar-refractivity contribution in [3.8, 4) is 0 Å². The van der Waals surface area contributed by atoms with Crippen LogP contribution in [0, 0.1) is 0 Å². The van der Waals surface area contributed by atoms with Gasteiger partial charge in [0.05, 0.1) is 6.04 Å². The molecule has 0 radical (unpaired) electrons. The summed E-state index contributed by atoms with van der Waals surface area (Å²) in [5.41, 5.74) is 0. The van der Waals surface area contributed by atoms with Crippen LogP contribution in [-0.2, 0) is 9.59 Å². The Bertz CT molecular complexity index is 318. The van der Waals surface area contributed by atoms with Gasteiger partial charge in [-0.2, -0.15) is 13.2 Å². The molecule has 18 heavy (non-hydrogen) atoms. The summed E-state index contributed by atoms with van der Waals surface area (Å²) < 4.78 is 35.8. The summed E-state index contributed by atoms with van der Waals surface area (Å²) in [6.07, 6.45) is -3.90. The second-order valence-electron chi connectivity index (χ2n) is 4.58. The van der Waals surface area contributed by atoms with Crippen molar-refractivity contribution in [3.05, 3.63) is 0 Å². The zero-order valence-corrected chi connectivity index (χ0v) is 10.1. The fraction of sp³-hybridized carbons (Fsp3) is 0.818. The van der Waals surface area contributed by atoms with Gasteiger partial charge in [0.2, 0.25) is 11.8 Å². The summed E-state index contributed by atoms with van der Waals surface area (Å²) in [7, 11) is 0. The fourth-order valence-electron chi connectivity index (χ4n) is 1.89. The van der Waals surface area contributed by atoms with Gasteiger partial charge in [-0.3, -0.25) is 14.9 Å². The highest BCUT2D eigenvalue weighted by molar-refractivity contribution is 6.00. The molecule has 4 nitrogen and oxygen atoms in total. The molecule has 2 unspecified atom stereocenters. The first-order valence-corrected chi connectivity index (χ1v) is 5.94. The van der Waals surface area contributed by atoms with Gasteiger partial charge in [0.25, 0.3) is 0 Å². The Kier molecular flexibility index (Phi) is 5.13. The van der Waals surface area contributed by atoms with Crippen LogP contribution in [0.25, 0.3) is 0 Å². The average molecular weight is 266 g/mol. The van der Waals surface area contributed by atoms with Crippen molar-refractivity contribution in [2.45, 2.75) is 57.3 Å². The van der Waals surface area contributed by atoms with Crippen molar-refractivity contribution < 1.29 is 22.8 Å². The van der Waals surface area contributed by atoms with E-state index in [2.05, 4.69) is 10.6 Å². The van der Waals surface area contributed by atoms with Crippen LogP contribution < -0.4 is 10.6 Å². The molecule has 1 aliphatic rings. The van der Waals surface area contributed by atoms with Crippen LogP contribution in [0.5, 0.6) is 0 Å². The number of rotatable bonds is 5. The second-order valence-corrected chi connectivity index (χ2v) is 4.58. The molecule has 104 valence electrons. The molecule has 0 saturated carbocycles. The van der Waals surface area contributed by atoms with Crippen molar-refractivity contribution in [1.82, 2.24) is 10.6 Å². The van der Waals surface area contributed by atoms with Crippen LogP contribution in [0.2, 0.25) is 0 Å². The van der Waals surface area contributed by atoms with E-state index in [0.717, 1.165) is 0 Å². The monoisotopic (exact) mass is 266 g/mol. The summed E-state index contributed by atoms with van der Waals surface area (Å²) in [4.78, 5) is 22.3. The molecule has 0 aromatic rings. The van der Waals surface area contributed by atoms with Crippen LogP contribution in [0.4, 0.5) is 13.2 Å². The van der Waals surface area contributed by atoms with E-state index < -0.39 is 24.5 Å². The first kappa shape index (κ1) is 14.9. The third kappa shape index (κ3) is 5.48. The van der Waals surface area contributed by atoms with E-state index in [1.54, 1.807) is 6.92 Å². The molecule has 2 amide bonds. The Morgan fingerprint density at radius 2 is 2.11 bits per heavy atom. The quantitative estimate of drug-likeness (QED) is 0.741. The molecule has 2 N–H and O–H groups in total. The van der Waals surface area contributed by atoms with Gasteiger partial charge in [0.1, 0.15) is 0 Å². The van der Waals surface area contributed by atoms with Gasteiger partial charge in [-0.25, -0.2) is 0 Å². The Hall–Kier alpha value is -1.11. The zero-order valence-electron chi connectivity index (χ0n) is 10.1. The summed E-state index contributed by atoms with van der Waals surface area (Å²) in [6.45, 7) is 1.74. The molecule has 0 aromatic carbocycles. The topological polar surface area (TPSA) is 58.2 Å². The number of imide groups is 1. The van der Waals surface area contributed by atoms with Crippen LogP contribution in [0.1, 0.15) is 39.0 Å². The molecule has 0 spiro atoms. The number of carbonyl (C=O) groups excluding carboxylic acids is 2. The molecule has 1 rings (SSSR count). The van der Waals surface area contributed by atoms with E-state index >= 15 is 0 Å². The number of alkyl halides is 3. The highest BCUT2D eigenvalue weighted by atomic mass is 19.4. The molecule has 2 atom stereocenters. The molecule has 0 aromatic heterocycles. The number of nitrogens with one attached hydrogen (secondary N) is 2. The molecule has 1 aliphatic heterocycles. The Labute approximate surface area is 103 Å². The highest BCUT2D eigenvalue weighted by Crippen LogP contribution is 2.22.